The van der Waals surface area contributed by atoms with Crippen LogP contribution in [0, 0.1) is 12.8 Å². The third-order valence-corrected chi connectivity index (χ3v) is 6.23. The number of carbonyl (C=O) groups excluding carboxylic acids is 2. The smallest absolute Gasteiger partial charge is 0.266 e. The van der Waals surface area contributed by atoms with Crippen LogP contribution in [0.5, 0.6) is 0 Å². The molecule has 3 unspecified atom stereocenters. The van der Waals surface area contributed by atoms with Gasteiger partial charge in [-0.3, -0.25) is 14.4 Å². The van der Waals surface area contributed by atoms with Crippen LogP contribution in [0.1, 0.15) is 17.2 Å². The van der Waals surface area contributed by atoms with E-state index in [1.807, 2.05) is 61.5 Å². The molecule has 2 saturated heterocycles. The SMILES string of the molecule is Cc1ccc(C2C3C(=O)N(c4ccc(Cl)cc4Cl)C(=O)C3ON2c2ccccc2)cc1. The van der Waals surface area contributed by atoms with Gasteiger partial charge in [-0.05, 0) is 42.8 Å². The zero-order valence-electron chi connectivity index (χ0n) is 16.5. The minimum atomic E-state index is -0.939. The van der Waals surface area contributed by atoms with Crippen LogP contribution in [-0.2, 0) is 14.4 Å². The van der Waals surface area contributed by atoms with Crippen LogP contribution in [0.15, 0.2) is 72.8 Å². The summed E-state index contributed by atoms with van der Waals surface area (Å²) in [4.78, 5) is 34.1. The molecule has 0 N–H and O–H groups in total. The number of amides is 2. The van der Waals surface area contributed by atoms with Crippen molar-refractivity contribution in [3.63, 3.8) is 0 Å². The quantitative estimate of drug-likeness (QED) is 0.502. The van der Waals surface area contributed by atoms with Gasteiger partial charge < -0.3 is 0 Å². The number of para-hydroxylation sites is 1. The largest absolute Gasteiger partial charge is 0.273 e. The first-order valence-corrected chi connectivity index (χ1v) is 10.6. The van der Waals surface area contributed by atoms with E-state index in [1.165, 1.54) is 6.07 Å². The molecule has 156 valence electrons. The van der Waals surface area contributed by atoms with Crippen LogP contribution < -0.4 is 9.96 Å². The maximum Gasteiger partial charge on any atom is 0.266 e. The lowest BCUT2D eigenvalue weighted by molar-refractivity contribution is -0.126. The van der Waals surface area contributed by atoms with Crippen LogP contribution in [0.25, 0.3) is 0 Å². The average Bonchev–Trinajstić information content (AvgIpc) is 3.26. The van der Waals surface area contributed by atoms with Crippen molar-refractivity contribution in [1.29, 1.82) is 0 Å². The highest BCUT2D eigenvalue weighted by Crippen LogP contribution is 2.48. The highest BCUT2D eigenvalue weighted by molar-refractivity contribution is 6.38. The van der Waals surface area contributed by atoms with Crippen molar-refractivity contribution in [2.24, 2.45) is 5.92 Å². The fourth-order valence-electron chi connectivity index (χ4n) is 4.22. The molecule has 2 fully saturated rings. The zero-order chi connectivity index (χ0) is 21.7. The minimum absolute atomic E-state index is 0.237. The molecule has 2 aliphatic rings. The van der Waals surface area contributed by atoms with E-state index in [0.717, 1.165) is 21.7 Å². The molecule has 0 aliphatic carbocycles. The summed E-state index contributed by atoms with van der Waals surface area (Å²) >= 11 is 12.3. The molecule has 5 rings (SSSR count). The van der Waals surface area contributed by atoms with Gasteiger partial charge in [0.15, 0.2) is 6.10 Å². The number of hydrogen-bond acceptors (Lipinski definition) is 4. The lowest BCUT2D eigenvalue weighted by Gasteiger charge is -2.29. The molecule has 0 aromatic heterocycles. The molecule has 7 heteroatoms. The van der Waals surface area contributed by atoms with Gasteiger partial charge in [-0.1, -0.05) is 71.2 Å². The predicted octanol–water partition coefficient (Wildman–Crippen LogP) is 5.35. The summed E-state index contributed by atoms with van der Waals surface area (Å²) in [7, 11) is 0. The zero-order valence-corrected chi connectivity index (χ0v) is 18.0. The molecule has 0 radical (unpaired) electrons. The number of rotatable bonds is 3. The molecule has 2 aliphatic heterocycles. The Morgan fingerprint density at radius 3 is 2.26 bits per heavy atom. The second kappa shape index (κ2) is 7.68. The molecule has 0 spiro atoms. The van der Waals surface area contributed by atoms with Crippen LogP contribution in [0.2, 0.25) is 10.0 Å². The standard InChI is InChI=1S/C24H18Cl2N2O3/c1-14-7-9-15(10-8-14)21-20-22(31-28(21)17-5-3-2-4-6-17)24(30)27(23(20)29)19-12-11-16(25)13-18(19)26/h2-13,20-22H,1H3. The number of nitrogens with zero attached hydrogens (tertiary/aromatic N) is 2. The number of hydroxylamine groups is 1. The summed E-state index contributed by atoms with van der Waals surface area (Å²) < 4.78 is 0. The number of hydrogen-bond donors (Lipinski definition) is 0. The molecular formula is C24H18Cl2N2O3. The Morgan fingerprint density at radius 2 is 1.58 bits per heavy atom. The number of imide groups is 1. The highest BCUT2D eigenvalue weighted by Gasteiger charge is 2.60. The Kier molecular flexibility index (Phi) is 4.97. The van der Waals surface area contributed by atoms with Gasteiger partial charge in [0.1, 0.15) is 5.92 Å². The van der Waals surface area contributed by atoms with Crippen molar-refractivity contribution in [2.45, 2.75) is 19.1 Å². The van der Waals surface area contributed by atoms with E-state index in [9.17, 15) is 9.59 Å². The Morgan fingerprint density at radius 1 is 0.871 bits per heavy atom. The third kappa shape index (κ3) is 3.30. The first kappa shape index (κ1) is 20.1. The fraction of sp³-hybridized carbons (Fsp3) is 0.167. The number of aryl methyl sites for hydroxylation is 1. The van der Waals surface area contributed by atoms with Gasteiger partial charge in [0, 0.05) is 5.02 Å². The van der Waals surface area contributed by atoms with Gasteiger partial charge in [-0.15, -0.1) is 0 Å². The third-order valence-electron chi connectivity index (χ3n) is 5.70. The molecule has 3 aromatic rings. The summed E-state index contributed by atoms with van der Waals surface area (Å²) in [6.07, 6.45) is -0.939. The summed E-state index contributed by atoms with van der Waals surface area (Å²) in [6, 6.07) is 21.6. The van der Waals surface area contributed by atoms with Crippen molar-refractivity contribution in [2.75, 3.05) is 9.96 Å². The minimum Gasteiger partial charge on any atom is -0.273 e. The van der Waals surface area contributed by atoms with E-state index in [4.69, 9.17) is 28.0 Å². The van der Waals surface area contributed by atoms with Crippen LogP contribution in [-0.4, -0.2) is 17.9 Å². The van der Waals surface area contributed by atoms with Gasteiger partial charge in [0.05, 0.1) is 22.4 Å². The maximum atomic E-state index is 13.6. The summed E-state index contributed by atoms with van der Waals surface area (Å²) in [5.74, 6) is -1.49. The van der Waals surface area contributed by atoms with Crippen LogP contribution in [0.3, 0.4) is 0 Å². The van der Waals surface area contributed by atoms with E-state index in [0.29, 0.717) is 10.7 Å². The molecule has 3 atom stereocenters. The second-order valence-electron chi connectivity index (χ2n) is 7.68. The van der Waals surface area contributed by atoms with E-state index in [1.54, 1.807) is 17.2 Å². The van der Waals surface area contributed by atoms with Crippen molar-refractivity contribution >= 4 is 46.4 Å². The van der Waals surface area contributed by atoms with Crippen LogP contribution >= 0.6 is 23.2 Å². The number of halogens is 2. The highest BCUT2D eigenvalue weighted by atomic mass is 35.5. The molecule has 2 amide bonds. The Balaban J connectivity index is 1.59. The molecule has 3 aromatic carbocycles. The fourth-order valence-corrected chi connectivity index (χ4v) is 4.71. The van der Waals surface area contributed by atoms with Gasteiger partial charge in [-0.25, -0.2) is 9.96 Å². The van der Waals surface area contributed by atoms with Gasteiger partial charge in [-0.2, -0.15) is 0 Å². The van der Waals surface area contributed by atoms with Gasteiger partial charge >= 0.3 is 0 Å². The number of fused-ring (bicyclic) bond motifs is 1. The van der Waals surface area contributed by atoms with E-state index in [-0.39, 0.29) is 10.9 Å². The number of anilines is 2. The Labute approximate surface area is 189 Å². The van der Waals surface area contributed by atoms with Crippen molar-refractivity contribution in [3.8, 4) is 0 Å². The van der Waals surface area contributed by atoms with Gasteiger partial charge in [0.2, 0.25) is 5.91 Å². The molecule has 5 nitrogen and oxygen atoms in total. The molecule has 0 saturated carbocycles. The summed E-state index contributed by atoms with van der Waals surface area (Å²) in [5.41, 5.74) is 3.09. The molecule has 2 heterocycles. The topological polar surface area (TPSA) is 49.9 Å². The monoisotopic (exact) mass is 452 g/mol. The predicted molar refractivity (Wildman–Crippen MR) is 120 cm³/mol. The average molecular weight is 453 g/mol. The first-order valence-electron chi connectivity index (χ1n) is 9.86. The van der Waals surface area contributed by atoms with E-state index in [2.05, 4.69) is 0 Å². The lowest BCUT2D eigenvalue weighted by atomic mass is 9.90. The lowest BCUT2D eigenvalue weighted by Crippen LogP contribution is -2.37. The summed E-state index contributed by atoms with van der Waals surface area (Å²) in [6.45, 7) is 2.00. The van der Waals surface area contributed by atoms with E-state index >= 15 is 0 Å². The van der Waals surface area contributed by atoms with Crippen LogP contribution in [0.4, 0.5) is 11.4 Å². The Bertz CT molecular complexity index is 1170. The van der Waals surface area contributed by atoms with Crippen molar-refractivity contribution in [3.05, 3.63) is 94.0 Å². The normalized spacial score (nSPS) is 22.9. The van der Waals surface area contributed by atoms with E-state index < -0.39 is 24.0 Å². The Hall–Kier alpha value is -2.86. The molecular weight excluding hydrogens is 435 g/mol. The first-order chi connectivity index (χ1) is 15.0. The van der Waals surface area contributed by atoms with Gasteiger partial charge in [0.25, 0.3) is 5.91 Å². The maximum absolute atomic E-state index is 13.6. The second-order valence-corrected chi connectivity index (χ2v) is 8.52. The molecule has 0 bridgehead atoms. The molecule has 31 heavy (non-hydrogen) atoms. The number of benzene rings is 3. The number of carbonyl (C=O) groups is 2. The van der Waals surface area contributed by atoms with Crippen molar-refractivity contribution in [1.82, 2.24) is 0 Å². The van der Waals surface area contributed by atoms with Crippen molar-refractivity contribution < 1.29 is 14.4 Å². The summed E-state index contributed by atoms with van der Waals surface area (Å²) in [5, 5.41) is 2.34.